The van der Waals surface area contributed by atoms with Crippen LogP contribution in [0, 0.1) is 5.92 Å². The van der Waals surface area contributed by atoms with Gasteiger partial charge in [0.05, 0.1) is 12.0 Å². The van der Waals surface area contributed by atoms with Crippen LogP contribution in [0.3, 0.4) is 0 Å². The highest BCUT2D eigenvalue weighted by atomic mass is 35.5. The highest BCUT2D eigenvalue weighted by Gasteiger charge is 2.31. The fourth-order valence-electron chi connectivity index (χ4n) is 3.22. The van der Waals surface area contributed by atoms with Crippen LogP contribution in [-0.4, -0.2) is 50.0 Å². The minimum absolute atomic E-state index is 0.0693. The van der Waals surface area contributed by atoms with Gasteiger partial charge in [-0.15, -0.1) is 0 Å². The molecule has 0 aromatic carbocycles. The number of imidazole rings is 1. The molecule has 0 bridgehead atoms. The first-order valence-electron chi connectivity index (χ1n) is 10.1. The van der Waals surface area contributed by atoms with Crippen molar-refractivity contribution in [3.63, 3.8) is 0 Å². The molecule has 164 valence electrons. The van der Waals surface area contributed by atoms with Crippen molar-refractivity contribution < 1.29 is 15.0 Å². The molecule has 0 spiro atoms. The van der Waals surface area contributed by atoms with E-state index in [1.54, 1.807) is 13.1 Å². The second kappa shape index (κ2) is 11.3. The van der Waals surface area contributed by atoms with Crippen molar-refractivity contribution in [2.24, 2.45) is 5.92 Å². The normalized spacial score (nSPS) is 18.4. The molecule has 1 saturated carbocycles. The lowest BCUT2D eigenvalue weighted by Crippen LogP contribution is -2.25. The summed E-state index contributed by atoms with van der Waals surface area (Å²) < 4.78 is 2.06. The van der Waals surface area contributed by atoms with Crippen LogP contribution in [0.15, 0.2) is 12.4 Å². The Morgan fingerprint density at radius 1 is 1.34 bits per heavy atom. The molecule has 4 N–H and O–H groups in total. The lowest BCUT2D eigenvalue weighted by molar-refractivity contribution is -0.127. The van der Waals surface area contributed by atoms with Crippen LogP contribution < -0.4 is 10.6 Å². The lowest BCUT2D eigenvalue weighted by Gasteiger charge is -2.13. The maximum absolute atomic E-state index is 11.8. The smallest absolute Gasteiger partial charge is 0.222 e. The molecule has 2 heterocycles. The molecular formula is C20H34ClN5O3. The summed E-state index contributed by atoms with van der Waals surface area (Å²) in [6.07, 6.45) is 4.47. The Hall–Kier alpha value is -1.90. The van der Waals surface area contributed by atoms with Crippen LogP contribution in [-0.2, 0) is 4.79 Å². The molecule has 1 fully saturated rings. The van der Waals surface area contributed by atoms with Crippen LogP contribution in [0.5, 0.6) is 0 Å². The number of carbonyl (C=O) groups is 1. The summed E-state index contributed by atoms with van der Waals surface area (Å²) in [5, 5.41) is 22.6. The van der Waals surface area contributed by atoms with Gasteiger partial charge in [0, 0.05) is 31.6 Å². The Morgan fingerprint density at radius 2 is 1.97 bits per heavy atom. The Kier molecular flexibility index (Phi) is 9.82. The van der Waals surface area contributed by atoms with Gasteiger partial charge in [-0.3, -0.25) is 4.79 Å². The predicted octanol–water partition coefficient (Wildman–Crippen LogP) is 3.34. The number of pyridine rings is 1. The quantitative estimate of drug-likeness (QED) is 0.439. The zero-order valence-electron chi connectivity index (χ0n) is 18.2. The van der Waals surface area contributed by atoms with Crippen LogP contribution in [0.2, 0.25) is 5.15 Å². The number of nitrogens with zero attached hydrogens (tertiary/aromatic N) is 3. The lowest BCUT2D eigenvalue weighted by atomic mass is 10.1. The van der Waals surface area contributed by atoms with Gasteiger partial charge in [0.2, 0.25) is 5.91 Å². The van der Waals surface area contributed by atoms with Gasteiger partial charge in [-0.05, 0) is 40.0 Å². The highest BCUT2D eigenvalue weighted by molar-refractivity contribution is 6.30. The fourth-order valence-corrected chi connectivity index (χ4v) is 3.41. The average Bonchev–Trinajstić information content (AvgIpc) is 3.28. The molecular weight excluding hydrogens is 394 g/mol. The molecule has 0 saturated heterocycles. The van der Waals surface area contributed by atoms with Crippen molar-refractivity contribution >= 4 is 34.4 Å². The van der Waals surface area contributed by atoms with Crippen molar-refractivity contribution in [2.45, 2.75) is 65.7 Å². The first kappa shape index (κ1) is 25.1. The van der Waals surface area contributed by atoms with E-state index in [2.05, 4.69) is 25.2 Å². The molecule has 9 heteroatoms. The minimum Gasteiger partial charge on any atom is -0.383 e. The first-order chi connectivity index (χ1) is 13.6. The molecule has 29 heavy (non-hydrogen) atoms. The van der Waals surface area contributed by atoms with E-state index < -0.39 is 5.79 Å². The summed E-state index contributed by atoms with van der Waals surface area (Å²) in [7, 11) is 1.69. The Labute approximate surface area is 177 Å². The molecule has 2 atom stereocenters. The first-order valence-corrected chi connectivity index (χ1v) is 10.4. The van der Waals surface area contributed by atoms with Gasteiger partial charge in [-0.2, -0.15) is 0 Å². The van der Waals surface area contributed by atoms with Crippen LogP contribution in [0.25, 0.3) is 11.2 Å². The molecule has 2 aromatic rings. The molecule has 3 rings (SSSR count). The number of hydrogen-bond donors (Lipinski definition) is 4. The van der Waals surface area contributed by atoms with Gasteiger partial charge in [0.25, 0.3) is 0 Å². The van der Waals surface area contributed by atoms with Crippen LogP contribution in [0.4, 0.5) is 5.69 Å². The van der Waals surface area contributed by atoms with Crippen molar-refractivity contribution in [3.8, 4) is 0 Å². The van der Waals surface area contributed by atoms with E-state index in [0.717, 1.165) is 42.7 Å². The number of carbonyl (C=O) groups excluding carboxylic acids is 1. The monoisotopic (exact) mass is 427 g/mol. The largest absolute Gasteiger partial charge is 0.383 e. The third-order valence-electron chi connectivity index (χ3n) is 4.28. The van der Waals surface area contributed by atoms with E-state index in [9.17, 15) is 4.79 Å². The van der Waals surface area contributed by atoms with Gasteiger partial charge in [0.1, 0.15) is 10.7 Å². The zero-order valence-corrected chi connectivity index (χ0v) is 18.9. The van der Waals surface area contributed by atoms with E-state index in [1.165, 1.54) is 13.8 Å². The van der Waals surface area contributed by atoms with Gasteiger partial charge in [-0.25, -0.2) is 9.97 Å². The number of aromatic nitrogens is 3. The zero-order chi connectivity index (χ0) is 22.2. The number of halogens is 1. The Morgan fingerprint density at radius 3 is 2.52 bits per heavy atom. The standard InChI is InChI=1S/C15H20ClN5O.C3H8O2.C2H6/c1-3-18-11-7-12(16)20-14-13(11)19-8-21(14)10-5-4-9(6-10)15(22)17-2;1-3(2,4)5;1-2/h7-10H,3-6H2,1-2H3,(H,17,22)(H,18,20);4-5H,1-2H3;1-2H3/t9-,10?;;/m1../s1. The van der Waals surface area contributed by atoms with Crippen molar-refractivity contribution in [3.05, 3.63) is 17.5 Å². The van der Waals surface area contributed by atoms with E-state index >= 15 is 0 Å². The maximum Gasteiger partial charge on any atom is 0.222 e. The molecule has 1 aliphatic carbocycles. The summed E-state index contributed by atoms with van der Waals surface area (Å²) in [4.78, 5) is 20.7. The fraction of sp³-hybridized carbons (Fsp3) is 0.650. The van der Waals surface area contributed by atoms with Crippen LogP contribution in [0.1, 0.15) is 59.9 Å². The van der Waals surface area contributed by atoms with Crippen LogP contribution >= 0.6 is 11.6 Å². The number of rotatable bonds is 4. The maximum atomic E-state index is 11.8. The average molecular weight is 428 g/mol. The summed E-state index contributed by atoms with van der Waals surface area (Å²) in [5.74, 6) is -1.31. The number of fused-ring (bicyclic) bond motifs is 1. The number of anilines is 1. The summed E-state index contributed by atoms with van der Waals surface area (Å²) in [6, 6.07) is 2.04. The Balaban J connectivity index is 0.000000527. The minimum atomic E-state index is -1.50. The van der Waals surface area contributed by atoms with Crippen molar-refractivity contribution in [2.75, 3.05) is 18.9 Å². The predicted molar refractivity (Wildman–Crippen MR) is 117 cm³/mol. The molecule has 1 unspecified atom stereocenters. The molecule has 1 amide bonds. The number of nitrogens with one attached hydrogen (secondary N) is 2. The third kappa shape index (κ3) is 7.45. The van der Waals surface area contributed by atoms with E-state index in [4.69, 9.17) is 21.8 Å². The van der Waals surface area contributed by atoms with Crippen molar-refractivity contribution in [1.29, 1.82) is 0 Å². The molecule has 1 aliphatic rings. The third-order valence-corrected chi connectivity index (χ3v) is 4.48. The summed E-state index contributed by atoms with van der Waals surface area (Å²) in [5.41, 5.74) is 2.51. The number of aliphatic hydroxyl groups is 2. The molecule has 8 nitrogen and oxygen atoms in total. The molecule has 0 radical (unpaired) electrons. The van der Waals surface area contributed by atoms with E-state index in [-0.39, 0.29) is 17.9 Å². The molecule has 2 aromatic heterocycles. The Bertz CT molecular complexity index is 782. The summed E-state index contributed by atoms with van der Waals surface area (Å²) >= 11 is 6.14. The topological polar surface area (TPSA) is 112 Å². The van der Waals surface area contributed by atoms with Gasteiger partial charge < -0.3 is 25.4 Å². The van der Waals surface area contributed by atoms with E-state index in [0.29, 0.717) is 5.15 Å². The highest BCUT2D eigenvalue weighted by Crippen LogP contribution is 2.37. The van der Waals surface area contributed by atoms with Gasteiger partial charge in [0.15, 0.2) is 11.4 Å². The molecule has 0 aliphatic heterocycles. The van der Waals surface area contributed by atoms with E-state index in [1.807, 2.05) is 27.1 Å². The number of hydrogen-bond acceptors (Lipinski definition) is 6. The second-order valence-corrected chi connectivity index (χ2v) is 7.51. The second-order valence-electron chi connectivity index (χ2n) is 7.12. The SMILES string of the molecule is CC.CC(C)(O)O.CCNc1cc(Cl)nc2c1ncn2C1CC[C@@H](C(=O)NC)C1. The van der Waals surface area contributed by atoms with Crippen molar-refractivity contribution in [1.82, 2.24) is 19.9 Å². The van der Waals surface area contributed by atoms with Gasteiger partial charge in [-0.1, -0.05) is 25.4 Å². The summed E-state index contributed by atoms with van der Waals surface area (Å²) in [6.45, 7) is 9.42. The number of amides is 1. The van der Waals surface area contributed by atoms with Gasteiger partial charge >= 0.3 is 0 Å².